The average molecular weight is 875 g/mol. The van der Waals surface area contributed by atoms with Crippen LogP contribution in [-0.2, 0) is 38.8 Å². The molecule has 0 aliphatic carbocycles. The molecule has 0 saturated carbocycles. The number of ether oxygens (including phenoxy) is 3. The van der Waals surface area contributed by atoms with Gasteiger partial charge in [0.25, 0.3) is 0 Å². The van der Waals surface area contributed by atoms with E-state index in [9.17, 15) is 33.8 Å². The van der Waals surface area contributed by atoms with Gasteiger partial charge in [-0.05, 0) is 77.9 Å². The topological polar surface area (TPSA) is 203 Å². The summed E-state index contributed by atoms with van der Waals surface area (Å²) in [6, 6.07) is 20.2. The smallest absolute Gasteiger partial charge is 0.387 e. The van der Waals surface area contributed by atoms with Crippen molar-refractivity contribution in [2.45, 2.75) is 72.2 Å². The Hall–Kier alpha value is -6.15. The third kappa shape index (κ3) is 14.8. The van der Waals surface area contributed by atoms with Crippen molar-refractivity contribution in [1.82, 2.24) is 15.6 Å². The van der Waals surface area contributed by atoms with E-state index in [0.717, 1.165) is 33.4 Å². The minimum Gasteiger partial charge on any atom is -0.492 e. The molecule has 0 amide bonds. The summed E-state index contributed by atoms with van der Waals surface area (Å²) >= 11 is 6.77. The van der Waals surface area contributed by atoms with E-state index in [1.165, 1.54) is 12.3 Å². The Balaban J connectivity index is 1.54. The molecule has 1 heterocycles. The number of hydrogen-bond acceptors (Lipinski definition) is 11. The number of benzene rings is 3. The summed E-state index contributed by atoms with van der Waals surface area (Å²) in [6.07, 6.45) is 1.42. The molecule has 0 spiro atoms. The summed E-state index contributed by atoms with van der Waals surface area (Å²) in [5.41, 5.74) is 7.84. The van der Waals surface area contributed by atoms with Crippen molar-refractivity contribution in [2.75, 3.05) is 19.6 Å². The molecule has 0 radical (unpaired) electrons. The number of carbonyl (C=O) groups is 2. The van der Waals surface area contributed by atoms with Crippen LogP contribution in [0.3, 0.4) is 0 Å². The second-order valence-electron chi connectivity index (χ2n) is 14.3. The van der Waals surface area contributed by atoms with Gasteiger partial charge in [-0.25, -0.2) is 0 Å². The van der Waals surface area contributed by atoms with Crippen LogP contribution in [-0.4, -0.2) is 75.8 Å². The van der Waals surface area contributed by atoms with Crippen molar-refractivity contribution in [1.29, 1.82) is 5.26 Å². The van der Waals surface area contributed by atoms with Crippen LogP contribution in [0.1, 0.15) is 53.1 Å². The first-order valence-electron chi connectivity index (χ1n) is 19.4. The van der Waals surface area contributed by atoms with Gasteiger partial charge in [-0.1, -0.05) is 66.7 Å². The SMILES string of the molecule is C=C(OCc1cncc(C#N)c1)/C(=C\C(Cl)=C(/C)OCc1cccc(-c2cccc(-c3ccc(CNC[C@@H](O)CC(=O)O)c(OC(F)F)c3)c2C)c1C)CNC[C@@H](O)CC(=O)O. The fraction of sp³-hybridized carbons (Fsp3) is 0.304. The number of allylic oxidation sites excluding steroid dienone is 3. The number of aliphatic hydroxyl groups excluding tert-OH is 2. The first kappa shape index (κ1) is 48.5. The highest BCUT2D eigenvalue weighted by atomic mass is 35.5. The van der Waals surface area contributed by atoms with Gasteiger partial charge in [0, 0.05) is 55.3 Å². The first-order chi connectivity index (χ1) is 29.6. The lowest BCUT2D eigenvalue weighted by molar-refractivity contribution is -0.140. The maximum Gasteiger partial charge on any atom is 0.387 e. The lowest BCUT2D eigenvalue weighted by atomic mass is 9.89. The molecular formula is C46H49ClF2N4O9. The van der Waals surface area contributed by atoms with E-state index in [-0.39, 0.29) is 55.9 Å². The van der Waals surface area contributed by atoms with Gasteiger partial charge in [-0.15, -0.1) is 0 Å². The standard InChI is InChI=1S/C46H49ClF2N4O9/c1-27-35(26-61-30(4)42(47)14-36(22-53-24-38(55)17-45(58)59)29(3)60-25-32-13-31(18-50)19-51-20-32)7-5-9-40(27)41-10-6-8-39(28(41)2)33-11-12-34(43(15-33)62-46(48)49)21-52-23-37(54)16-44(56)57/h5-15,19-20,37-38,46,52-55H,3,16-17,21-26H2,1-2,4H3,(H,56,57)(H,58,59)/b36-14-,42-30-/t37-,38-/m0/s1. The summed E-state index contributed by atoms with van der Waals surface area (Å²) in [5, 5.41) is 53.2. The molecule has 328 valence electrons. The maximum absolute atomic E-state index is 13.5. The molecule has 1 aromatic heterocycles. The fourth-order valence-electron chi connectivity index (χ4n) is 6.37. The average Bonchev–Trinajstić information content (AvgIpc) is 3.22. The number of pyridine rings is 1. The summed E-state index contributed by atoms with van der Waals surface area (Å²) in [4.78, 5) is 25.9. The van der Waals surface area contributed by atoms with Gasteiger partial charge in [0.1, 0.15) is 36.6 Å². The summed E-state index contributed by atoms with van der Waals surface area (Å²) in [7, 11) is 0. The van der Waals surface area contributed by atoms with Gasteiger partial charge in [0.15, 0.2) is 0 Å². The van der Waals surface area contributed by atoms with E-state index in [1.54, 1.807) is 37.4 Å². The van der Waals surface area contributed by atoms with Crippen molar-refractivity contribution in [2.24, 2.45) is 0 Å². The second-order valence-corrected chi connectivity index (χ2v) is 14.7. The van der Waals surface area contributed by atoms with E-state index >= 15 is 0 Å². The van der Waals surface area contributed by atoms with Crippen LogP contribution in [0.5, 0.6) is 5.75 Å². The van der Waals surface area contributed by atoms with Crippen molar-refractivity contribution in [3.8, 4) is 34.1 Å². The van der Waals surface area contributed by atoms with Gasteiger partial charge in [-0.2, -0.15) is 14.0 Å². The number of nitrogens with zero attached hydrogens (tertiary/aromatic N) is 2. The Morgan fingerprint density at radius 2 is 1.53 bits per heavy atom. The van der Waals surface area contributed by atoms with Crippen molar-refractivity contribution >= 4 is 23.5 Å². The minimum atomic E-state index is -3.08. The molecule has 2 atom stereocenters. The number of rotatable bonds is 24. The van der Waals surface area contributed by atoms with E-state index in [0.29, 0.717) is 33.6 Å². The highest BCUT2D eigenvalue weighted by Crippen LogP contribution is 2.37. The Morgan fingerprint density at radius 1 is 0.887 bits per heavy atom. The van der Waals surface area contributed by atoms with Crippen molar-refractivity contribution in [3.63, 3.8) is 0 Å². The molecule has 13 nitrogen and oxygen atoms in total. The second kappa shape index (κ2) is 23.7. The van der Waals surface area contributed by atoms with Crippen LogP contribution in [0.2, 0.25) is 0 Å². The van der Waals surface area contributed by atoms with E-state index in [1.807, 2.05) is 56.3 Å². The van der Waals surface area contributed by atoms with Crippen LogP contribution < -0.4 is 15.4 Å². The summed E-state index contributed by atoms with van der Waals surface area (Å²) in [5.74, 6) is -1.73. The third-order valence-corrected chi connectivity index (χ3v) is 10.0. The normalized spacial score (nSPS) is 12.9. The molecule has 0 aliphatic rings. The highest BCUT2D eigenvalue weighted by Gasteiger charge is 2.18. The minimum absolute atomic E-state index is 0.0245. The number of carboxylic acids is 2. The number of nitrogens with one attached hydrogen (secondary N) is 2. The Labute approximate surface area is 363 Å². The molecule has 62 heavy (non-hydrogen) atoms. The zero-order valence-electron chi connectivity index (χ0n) is 34.5. The van der Waals surface area contributed by atoms with Crippen LogP contribution >= 0.6 is 11.6 Å². The predicted molar refractivity (Wildman–Crippen MR) is 229 cm³/mol. The molecule has 0 aliphatic heterocycles. The monoisotopic (exact) mass is 874 g/mol. The lowest BCUT2D eigenvalue weighted by Crippen LogP contribution is -2.30. The molecule has 0 bridgehead atoms. The zero-order chi connectivity index (χ0) is 45.3. The summed E-state index contributed by atoms with van der Waals surface area (Å²) < 4.78 is 44.0. The maximum atomic E-state index is 13.5. The lowest BCUT2D eigenvalue weighted by Gasteiger charge is -2.18. The van der Waals surface area contributed by atoms with E-state index in [2.05, 4.69) is 22.2 Å². The zero-order valence-corrected chi connectivity index (χ0v) is 35.2. The van der Waals surface area contributed by atoms with Crippen LogP contribution in [0, 0.1) is 25.2 Å². The number of hydrogen-bond donors (Lipinski definition) is 6. The highest BCUT2D eigenvalue weighted by molar-refractivity contribution is 6.31. The molecule has 6 N–H and O–H groups in total. The van der Waals surface area contributed by atoms with Crippen LogP contribution in [0.25, 0.3) is 22.3 Å². The first-order valence-corrected chi connectivity index (χ1v) is 19.8. The quantitative estimate of drug-likeness (QED) is 0.0299. The Bertz CT molecular complexity index is 2330. The number of alkyl halides is 2. The molecule has 16 heteroatoms. The van der Waals surface area contributed by atoms with Crippen LogP contribution in [0.15, 0.2) is 108 Å². The number of carboxylic acid groups (broad SMARTS) is 2. The van der Waals surface area contributed by atoms with E-state index in [4.69, 9.17) is 36.0 Å². The summed E-state index contributed by atoms with van der Waals surface area (Å²) in [6.45, 7) is 6.86. The number of aliphatic hydroxyl groups is 2. The predicted octanol–water partition coefficient (Wildman–Crippen LogP) is 7.50. The molecule has 0 saturated heterocycles. The number of aliphatic carboxylic acids is 2. The van der Waals surface area contributed by atoms with Crippen molar-refractivity contribution < 1.29 is 53.0 Å². The van der Waals surface area contributed by atoms with Gasteiger partial charge in [-0.3, -0.25) is 14.6 Å². The molecule has 0 unspecified atom stereocenters. The third-order valence-electron chi connectivity index (χ3n) is 9.65. The van der Waals surface area contributed by atoms with Crippen LogP contribution in [0.4, 0.5) is 8.78 Å². The Kier molecular flexibility index (Phi) is 18.6. The number of aromatic nitrogens is 1. The van der Waals surface area contributed by atoms with Gasteiger partial charge < -0.3 is 45.3 Å². The molecule has 3 aromatic carbocycles. The number of nitriles is 1. The molecular weight excluding hydrogens is 826 g/mol. The molecule has 4 rings (SSSR count). The largest absolute Gasteiger partial charge is 0.492 e. The molecule has 4 aromatic rings. The van der Waals surface area contributed by atoms with E-state index < -0.39 is 43.6 Å². The van der Waals surface area contributed by atoms with Gasteiger partial charge in [0.05, 0.1) is 35.6 Å². The molecule has 0 fully saturated rings. The number of halogens is 3. The van der Waals surface area contributed by atoms with Crippen molar-refractivity contribution in [3.05, 3.63) is 141 Å². The Morgan fingerprint density at radius 3 is 2.19 bits per heavy atom. The van der Waals surface area contributed by atoms with Gasteiger partial charge >= 0.3 is 18.6 Å². The fourth-order valence-corrected chi connectivity index (χ4v) is 6.56. The van der Waals surface area contributed by atoms with Gasteiger partial charge in [0.2, 0.25) is 0 Å².